The second-order valence-electron chi connectivity index (χ2n) is 10.9. The lowest BCUT2D eigenvalue weighted by atomic mass is 9.68. The number of hydrogen-bond donors (Lipinski definition) is 1. The van der Waals surface area contributed by atoms with Crippen molar-refractivity contribution in [3.63, 3.8) is 0 Å². The highest BCUT2D eigenvalue weighted by atomic mass is 16.7. The van der Waals surface area contributed by atoms with Gasteiger partial charge in [-0.25, -0.2) is 4.79 Å². The average Bonchev–Trinajstić information content (AvgIpc) is 3.12. The molecule has 0 spiro atoms. The third kappa shape index (κ3) is 8.20. The Labute approximate surface area is 214 Å². The third-order valence-electron chi connectivity index (χ3n) is 8.43. The minimum absolute atomic E-state index is 0.0251. The minimum atomic E-state index is -1.37. The number of unbranched alkanes of at least 4 members (excludes halogenated alkanes) is 7. The van der Waals surface area contributed by atoms with Crippen LogP contribution in [0.15, 0.2) is 72.9 Å². The summed E-state index contributed by atoms with van der Waals surface area (Å²) in [6.45, 7) is 8.67. The van der Waals surface area contributed by atoms with E-state index in [2.05, 4.69) is 45.9 Å². The van der Waals surface area contributed by atoms with Crippen LogP contribution in [0.5, 0.6) is 0 Å². The summed E-state index contributed by atoms with van der Waals surface area (Å²) in [5.74, 6) is -1.46. The average molecular weight is 481 g/mol. The maximum Gasteiger partial charge on any atom is 0.333 e. The van der Waals surface area contributed by atoms with Gasteiger partial charge in [-0.15, -0.1) is 0 Å². The Bertz CT molecular complexity index is 826. The smallest absolute Gasteiger partial charge is 0.333 e. The molecule has 0 aromatic carbocycles. The summed E-state index contributed by atoms with van der Waals surface area (Å²) >= 11 is 0. The summed E-state index contributed by atoms with van der Waals surface area (Å²) in [5, 5.41) is 11.1. The molecule has 3 atom stereocenters. The van der Waals surface area contributed by atoms with E-state index in [1.54, 1.807) is 12.2 Å². The summed E-state index contributed by atoms with van der Waals surface area (Å²) < 4.78 is 5.56. The highest BCUT2D eigenvalue weighted by Crippen LogP contribution is 2.69. The summed E-state index contributed by atoms with van der Waals surface area (Å²) in [5.41, 5.74) is -0.417. The SMILES string of the molecule is CCCCCCCCC/C=C/C=C/C=C/C=C/C=C/C=C/C(=O)O[C@@]1(O)C[C@H]2CC[C@]1(C)C2(C)C. The van der Waals surface area contributed by atoms with E-state index in [1.807, 2.05) is 36.5 Å². The maximum atomic E-state index is 12.3. The normalized spacial score (nSPS) is 28.3. The van der Waals surface area contributed by atoms with Gasteiger partial charge in [0, 0.05) is 17.9 Å². The van der Waals surface area contributed by atoms with Crippen LogP contribution < -0.4 is 0 Å². The number of allylic oxidation sites excluding steroid dienone is 11. The molecule has 2 aliphatic carbocycles. The Kier molecular flexibility index (Phi) is 12.0. The standard InChI is InChI=1S/C32H48O3/c1-5-6-7-8-9-10-11-12-13-14-15-16-17-18-19-20-21-22-23-24-29(33)35-32(34)27-28-25-26-31(32,4)30(28,2)3/h13-24,28,34H,5-12,25-27H2,1-4H3/b14-13+,16-15+,18-17+,20-19+,22-21+,24-23+/t28-,31-,32+/m1/s1. The molecular formula is C32H48O3. The second-order valence-corrected chi connectivity index (χ2v) is 10.9. The fraction of sp³-hybridized carbons (Fsp3) is 0.594. The summed E-state index contributed by atoms with van der Waals surface area (Å²) in [4.78, 5) is 12.3. The molecule has 0 aliphatic heterocycles. The van der Waals surface area contributed by atoms with Crippen molar-refractivity contribution in [2.24, 2.45) is 16.7 Å². The van der Waals surface area contributed by atoms with E-state index in [-0.39, 0.29) is 5.41 Å². The van der Waals surface area contributed by atoms with Crippen molar-refractivity contribution >= 4 is 5.97 Å². The molecule has 0 aromatic heterocycles. The highest BCUT2D eigenvalue weighted by Gasteiger charge is 2.70. The zero-order valence-corrected chi connectivity index (χ0v) is 22.5. The van der Waals surface area contributed by atoms with Gasteiger partial charge in [-0.1, -0.05) is 133 Å². The molecule has 35 heavy (non-hydrogen) atoms. The van der Waals surface area contributed by atoms with Crippen LogP contribution in [-0.4, -0.2) is 16.9 Å². The van der Waals surface area contributed by atoms with E-state index in [9.17, 15) is 9.90 Å². The Hall–Kier alpha value is -2.13. The van der Waals surface area contributed by atoms with Gasteiger partial charge in [0.2, 0.25) is 5.79 Å². The number of hydrogen-bond acceptors (Lipinski definition) is 3. The first-order valence-corrected chi connectivity index (χ1v) is 13.7. The molecule has 1 N–H and O–H groups in total. The molecule has 2 rings (SSSR count). The maximum absolute atomic E-state index is 12.3. The molecule has 2 saturated carbocycles. The van der Waals surface area contributed by atoms with Crippen LogP contribution in [0.1, 0.15) is 98.3 Å². The Morgan fingerprint density at radius 2 is 1.37 bits per heavy atom. The number of esters is 1. The van der Waals surface area contributed by atoms with Gasteiger partial charge in [-0.2, -0.15) is 0 Å². The van der Waals surface area contributed by atoms with E-state index in [4.69, 9.17) is 4.74 Å². The molecule has 0 radical (unpaired) electrons. The number of rotatable bonds is 15. The molecule has 2 fully saturated rings. The van der Waals surface area contributed by atoms with Crippen LogP contribution in [0.2, 0.25) is 0 Å². The van der Waals surface area contributed by atoms with Crippen molar-refractivity contribution in [1.82, 2.24) is 0 Å². The Morgan fingerprint density at radius 3 is 1.91 bits per heavy atom. The van der Waals surface area contributed by atoms with E-state index in [1.165, 1.54) is 51.0 Å². The number of aliphatic hydroxyl groups is 1. The molecule has 0 aromatic rings. The van der Waals surface area contributed by atoms with Crippen LogP contribution in [0.25, 0.3) is 0 Å². The molecule has 0 heterocycles. The van der Waals surface area contributed by atoms with Crippen LogP contribution in [-0.2, 0) is 9.53 Å². The predicted octanol–water partition coefficient (Wildman–Crippen LogP) is 8.54. The minimum Gasteiger partial charge on any atom is -0.429 e. The van der Waals surface area contributed by atoms with Crippen LogP contribution >= 0.6 is 0 Å². The van der Waals surface area contributed by atoms with Crippen molar-refractivity contribution in [1.29, 1.82) is 0 Å². The van der Waals surface area contributed by atoms with Gasteiger partial charge in [0.15, 0.2) is 0 Å². The predicted molar refractivity (Wildman–Crippen MR) is 148 cm³/mol. The van der Waals surface area contributed by atoms with Crippen molar-refractivity contribution in [2.75, 3.05) is 0 Å². The van der Waals surface area contributed by atoms with Gasteiger partial charge in [-0.05, 0) is 37.0 Å². The number of ether oxygens (including phenoxy) is 1. The molecule has 0 saturated heterocycles. The van der Waals surface area contributed by atoms with E-state index in [0.717, 1.165) is 19.3 Å². The lowest BCUT2D eigenvalue weighted by Crippen LogP contribution is -2.50. The Morgan fingerprint density at radius 1 is 0.829 bits per heavy atom. The summed E-state index contributed by atoms with van der Waals surface area (Å²) in [7, 11) is 0. The molecule has 2 aliphatic rings. The lowest BCUT2D eigenvalue weighted by Gasteiger charge is -2.43. The first-order valence-electron chi connectivity index (χ1n) is 13.7. The molecule has 3 nitrogen and oxygen atoms in total. The Balaban J connectivity index is 1.58. The van der Waals surface area contributed by atoms with Gasteiger partial charge in [0.25, 0.3) is 0 Å². The molecule has 2 bridgehead atoms. The second kappa shape index (κ2) is 14.4. The zero-order valence-electron chi connectivity index (χ0n) is 22.5. The van der Waals surface area contributed by atoms with Crippen LogP contribution in [0, 0.1) is 16.7 Å². The van der Waals surface area contributed by atoms with Gasteiger partial charge in [0.05, 0.1) is 0 Å². The first-order chi connectivity index (χ1) is 16.8. The third-order valence-corrected chi connectivity index (χ3v) is 8.43. The largest absolute Gasteiger partial charge is 0.429 e. The van der Waals surface area contributed by atoms with Gasteiger partial charge in [-0.3, -0.25) is 0 Å². The topological polar surface area (TPSA) is 46.5 Å². The van der Waals surface area contributed by atoms with Crippen molar-refractivity contribution < 1.29 is 14.6 Å². The van der Waals surface area contributed by atoms with E-state index >= 15 is 0 Å². The fourth-order valence-corrected chi connectivity index (χ4v) is 5.61. The molecular weight excluding hydrogens is 432 g/mol. The highest BCUT2D eigenvalue weighted by molar-refractivity contribution is 5.82. The molecule has 0 unspecified atom stereocenters. The fourth-order valence-electron chi connectivity index (χ4n) is 5.61. The van der Waals surface area contributed by atoms with Crippen LogP contribution in [0.3, 0.4) is 0 Å². The molecule has 3 heteroatoms. The summed E-state index contributed by atoms with van der Waals surface area (Å²) in [6.07, 6.45) is 36.0. The van der Waals surface area contributed by atoms with E-state index < -0.39 is 17.2 Å². The number of fused-ring (bicyclic) bond motifs is 2. The van der Waals surface area contributed by atoms with Gasteiger partial charge in [0.1, 0.15) is 0 Å². The number of carbonyl (C=O) groups excluding carboxylic acids is 1. The lowest BCUT2D eigenvalue weighted by molar-refractivity contribution is -0.257. The monoisotopic (exact) mass is 480 g/mol. The van der Waals surface area contributed by atoms with Crippen molar-refractivity contribution in [2.45, 2.75) is 104 Å². The van der Waals surface area contributed by atoms with Crippen molar-refractivity contribution in [3.05, 3.63) is 72.9 Å². The molecule has 0 amide bonds. The van der Waals surface area contributed by atoms with Crippen molar-refractivity contribution in [3.8, 4) is 0 Å². The zero-order chi connectivity index (χ0) is 25.6. The quantitative estimate of drug-likeness (QED) is 0.0839. The number of carbonyl (C=O) groups is 1. The van der Waals surface area contributed by atoms with Gasteiger partial charge < -0.3 is 9.84 Å². The van der Waals surface area contributed by atoms with Gasteiger partial charge >= 0.3 is 5.97 Å². The van der Waals surface area contributed by atoms with Crippen LogP contribution in [0.4, 0.5) is 0 Å². The summed E-state index contributed by atoms with van der Waals surface area (Å²) in [6, 6.07) is 0. The molecule has 194 valence electrons. The van der Waals surface area contributed by atoms with E-state index in [0.29, 0.717) is 12.3 Å². The first kappa shape index (κ1) is 29.1.